The van der Waals surface area contributed by atoms with Crippen molar-refractivity contribution in [3.05, 3.63) is 94.0 Å². The fourth-order valence-electron chi connectivity index (χ4n) is 2.99. The fraction of sp³-hybridized carbons (Fsp3) is 0.125. The lowest BCUT2D eigenvalue weighted by atomic mass is 10.1. The summed E-state index contributed by atoms with van der Waals surface area (Å²) in [4.78, 5) is 23.5. The predicted octanol–water partition coefficient (Wildman–Crippen LogP) is 4.00. The Balaban J connectivity index is 1.83. The first kappa shape index (κ1) is 24.9. The average Bonchev–Trinajstić information content (AvgIpc) is 2.80. The lowest BCUT2D eigenvalue weighted by Gasteiger charge is -2.24. The van der Waals surface area contributed by atoms with E-state index in [1.165, 1.54) is 54.7 Å². The highest BCUT2D eigenvalue weighted by Crippen LogP contribution is 2.26. The molecule has 0 radical (unpaired) electrons. The van der Waals surface area contributed by atoms with Crippen LogP contribution in [-0.4, -0.2) is 38.2 Å². The number of carbonyl (C=O) groups is 2. The molecule has 8 nitrogen and oxygen atoms in total. The molecule has 10 heteroatoms. The summed E-state index contributed by atoms with van der Waals surface area (Å²) in [6.45, 7) is 3.25. The summed E-state index contributed by atoms with van der Waals surface area (Å²) in [7, 11) is -4.08. The van der Waals surface area contributed by atoms with Crippen LogP contribution in [0.1, 0.15) is 27.0 Å². The lowest BCUT2D eigenvalue weighted by Crippen LogP contribution is -2.39. The molecule has 34 heavy (non-hydrogen) atoms. The summed E-state index contributed by atoms with van der Waals surface area (Å²) in [6.07, 6.45) is 1.33. The number of carboxylic acid groups (broad SMARTS) is 1. The van der Waals surface area contributed by atoms with Crippen LogP contribution in [0.15, 0.2) is 76.7 Å². The molecule has 0 atom stereocenters. The average molecular weight is 500 g/mol. The zero-order valence-corrected chi connectivity index (χ0v) is 20.0. The van der Waals surface area contributed by atoms with E-state index in [0.717, 1.165) is 15.4 Å². The highest BCUT2D eigenvalue weighted by atomic mass is 35.5. The first-order valence-corrected chi connectivity index (χ1v) is 11.9. The van der Waals surface area contributed by atoms with E-state index in [2.05, 4.69) is 10.5 Å². The molecule has 3 aromatic rings. The number of carbonyl (C=O) groups excluding carboxylic acids is 1. The molecule has 3 aromatic carbocycles. The fourth-order valence-corrected chi connectivity index (χ4v) is 4.52. The maximum absolute atomic E-state index is 13.4. The van der Waals surface area contributed by atoms with Gasteiger partial charge < -0.3 is 5.11 Å². The smallest absolute Gasteiger partial charge is 0.335 e. The van der Waals surface area contributed by atoms with E-state index in [9.17, 15) is 18.0 Å². The van der Waals surface area contributed by atoms with Crippen molar-refractivity contribution >= 4 is 45.4 Å². The van der Waals surface area contributed by atoms with Crippen molar-refractivity contribution in [2.75, 3.05) is 10.8 Å². The van der Waals surface area contributed by atoms with E-state index < -0.39 is 28.4 Å². The van der Waals surface area contributed by atoms with Gasteiger partial charge in [-0.2, -0.15) is 5.10 Å². The third-order valence-corrected chi connectivity index (χ3v) is 7.07. The molecular weight excluding hydrogens is 478 g/mol. The van der Waals surface area contributed by atoms with Crippen molar-refractivity contribution in [3.63, 3.8) is 0 Å². The predicted molar refractivity (Wildman–Crippen MR) is 131 cm³/mol. The van der Waals surface area contributed by atoms with Gasteiger partial charge in [0.05, 0.1) is 22.4 Å². The van der Waals surface area contributed by atoms with Gasteiger partial charge >= 0.3 is 5.97 Å². The van der Waals surface area contributed by atoms with Crippen molar-refractivity contribution in [1.29, 1.82) is 0 Å². The van der Waals surface area contributed by atoms with Gasteiger partial charge in [-0.3, -0.25) is 9.10 Å². The second-order valence-electron chi connectivity index (χ2n) is 7.45. The molecule has 0 spiro atoms. The van der Waals surface area contributed by atoms with E-state index in [0.29, 0.717) is 16.3 Å². The zero-order valence-electron chi connectivity index (χ0n) is 18.4. The van der Waals surface area contributed by atoms with Crippen molar-refractivity contribution in [2.45, 2.75) is 18.7 Å². The number of hydrogen-bond donors (Lipinski definition) is 2. The Kier molecular flexibility index (Phi) is 7.70. The number of amides is 1. The highest BCUT2D eigenvalue weighted by molar-refractivity contribution is 7.92. The van der Waals surface area contributed by atoms with Gasteiger partial charge in [-0.15, -0.1) is 0 Å². The van der Waals surface area contributed by atoms with Gasteiger partial charge in [0.25, 0.3) is 15.9 Å². The monoisotopic (exact) mass is 499 g/mol. The minimum Gasteiger partial charge on any atom is -0.478 e. The molecule has 0 unspecified atom stereocenters. The molecule has 0 bridgehead atoms. The number of halogens is 1. The molecule has 0 aliphatic carbocycles. The molecule has 0 aliphatic heterocycles. The number of aryl methyl sites for hydroxylation is 2. The largest absolute Gasteiger partial charge is 0.478 e. The van der Waals surface area contributed by atoms with E-state index in [-0.39, 0.29) is 10.5 Å². The summed E-state index contributed by atoms with van der Waals surface area (Å²) in [6, 6.07) is 16.7. The van der Waals surface area contributed by atoms with Crippen LogP contribution >= 0.6 is 11.6 Å². The van der Waals surface area contributed by atoms with Crippen LogP contribution < -0.4 is 9.73 Å². The highest BCUT2D eigenvalue weighted by Gasteiger charge is 2.27. The number of nitrogens with one attached hydrogen (secondary N) is 1. The van der Waals surface area contributed by atoms with Crippen LogP contribution in [0, 0.1) is 13.8 Å². The number of anilines is 1. The summed E-state index contributed by atoms with van der Waals surface area (Å²) < 4.78 is 27.8. The van der Waals surface area contributed by atoms with Gasteiger partial charge in [0.15, 0.2) is 0 Å². The zero-order chi connectivity index (χ0) is 24.9. The van der Waals surface area contributed by atoms with Gasteiger partial charge in [-0.05, 0) is 79.1 Å². The number of rotatable bonds is 8. The van der Waals surface area contributed by atoms with Gasteiger partial charge in [0.1, 0.15) is 6.54 Å². The van der Waals surface area contributed by atoms with E-state index in [1.54, 1.807) is 18.2 Å². The summed E-state index contributed by atoms with van der Waals surface area (Å²) in [5.41, 5.74) is 5.19. The van der Waals surface area contributed by atoms with Crippen molar-refractivity contribution in [1.82, 2.24) is 5.43 Å². The second kappa shape index (κ2) is 10.5. The van der Waals surface area contributed by atoms with Gasteiger partial charge in [-0.25, -0.2) is 18.6 Å². The Morgan fingerprint density at radius 3 is 2.24 bits per heavy atom. The van der Waals surface area contributed by atoms with Crippen LogP contribution in [0.5, 0.6) is 0 Å². The Bertz CT molecular complexity index is 1340. The minimum atomic E-state index is -4.08. The SMILES string of the molecule is Cc1ccc(N(CC(=O)N/N=C/c2ccc(C(=O)O)cc2)S(=O)(=O)c2ccc(Cl)cc2)cc1C. The van der Waals surface area contributed by atoms with Gasteiger partial charge in [0, 0.05) is 5.02 Å². The second-order valence-corrected chi connectivity index (χ2v) is 9.75. The van der Waals surface area contributed by atoms with Crippen molar-refractivity contribution < 1.29 is 23.1 Å². The number of hydrazone groups is 1. The summed E-state index contributed by atoms with van der Waals surface area (Å²) in [5, 5.41) is 13.2. The van der Waals surface area contributed by atoms with E-state index in [4.69, 9.17) is 16.7 Å². The Morgan fingerprint density at radius 1 is 1.00 bits per heavy atom. The quantitative estimate of drug-likeness (QED) is 0.359. The van der Waals surface area contributed by atoms with Crippen molar-refractivity contribution in [2.24, 2.45) is 5.10 Å². The van der Waals surface area contributed by atoms with Gasteiger partial charge in [0.2, 0.25) is 0 Å². The van der Waals surface area contributed by atoms with Crippen LogP contribution in [0.4, 0.5) is 5.69 Å². The Labute approximate surface area is 202 Å². The molecule has 0 saturated carbocycles. The first-order valence-electron chi connectivity index (χ1n) is 10.1. The molecular formula is C24H22ClN3O5S. The molecule has 3 rings (SSSR count). The summed E-state index contributed by atoms with van der Waals surface area (Å²) >= 11 is 5.90. The normalized spacial score (nSPS) is 11.4. The molecule has 0 saturated heterocycles. The Morgan fingerprint density at radius 2 is 1.65 bits per heavy atom. The van der Waals surface area contributed by atoms with E-state index in [1.807, 2.05) is 13.8 Å². The van der Waals surface area contributed by atoms with E-state index >= 15 is 0 Å². The molecule has 0 aromatic heterocycles. The number of aromatic carboxylic acids is 1. The molecule has 1 amide bonds. The van der Waals surface area contributed by atoms with Crippen LogP contribution in [0.3, 0.4) is 0 Å². The number of nitrogens with zero attached hydrogens (tertiary/aromatic N) is 2. The maximum Gasteiger partial charge on any atom is 0.335 e. The molecule has 176 valence electrons. The van der Waals surface area contributed by atoms with Crippen molar-refractivity contribution in [3.8, 4) is 0 Å². The maximum atomic E-state index is 13.4. The topological polar surface area (TPSA) is 116 Å². The number of benzene rings is 3. The number of carboxylic acids is 1. The number of hydrogen-bond acceptors (Lipinski definition) is 5. The molecule has 0 heterocycles. The lowest BCUT2D eigenvalue weighted by molar-refractivity contribution is -0.119. The van der Waals surface area contributed by atoms with Crippen LogP contribution in [-0.2, 0) is 14.8 Å². The van der Waals surface area contributed by atoms with Crippen LogP contribution in [0.2, 0.25) is 5.02 Å². The van der Waals surface area contributed by atoms with Gasteiger partial charge in [-0.1, -0.05) is 29.8 Å². The molecule has 0 fully saturated rings. The van der Waals surface area contributed by atoms with Crippen LogP contribution in [0.25, 0.3) is 0 Å². The minimum absolute atomic E-state index is 0.00931. The standard InChI is InChI=1S/C24H22ClN3O5S/c1-16-3-10-21(13-17(16)2)28(34(32,33)22-11-8-20(25)9-12-22)15-23(29)27-26-14-18-4-6-19(7-5-18)24(30)31/h3-14H,15H2,1-2H3,(H,27,29)(H,30,31)/b26-14+. The summed E-state index contributed by atoms with van der Waals surface area (Å²) in [5.74, 6) is -1.71. The number of sulfonamides is 1. The first-order chi connectivity index (χ1) is 16.1. The Hall–Kier alpha value is -3.69. The molecule has 0 aliphatic rings. The third-order valence-electron chi connectivity index (χ3n) is 5.03. The molecule has 2 N–H and O–H groups in total. The third kappa shape index (κ3) is 6.00.